The summed E-state index contributed by atoms with van der Waals surface area (Å²) in [6.45, 7) is 1.25. The van der Waals surface area contributed by atoms with Crippen LogP contribution in [-0.4, -0.2) is 34.1 Å². The van der Waals surface area contributed by atoms with Crippen molar-refractivity contribution in [3.63, 3.8) is 0 Å². The van der Waals surface area contributed by atoms with E-state index in [1.54, 1.807) is 0 Å². The molecule has 7 heteroatoms. The first-order valence-corrected chi connectivity index (χ1v) is 7.17. The molecule has 0 aliphatic carbocycles. The van der Waals surface area contributed by atoms with Crippen molar-refractivity contribution in [1.82, 2.24) is 0 Å². The summed E-state index contributed by atoms with van der Waals surface area (Å²) >= 11 is 0. The number of hydrogen-bond donors (Lipinski definition) is 0. The first kappa shape index (κ1) is 11.2. The molecule has 0 fully saturated rings. The summed E-state index contributed by atoms with van der Waals surface area (Å²) in [4.78, 5) is 0. The van der Waals surface area contributed by atoms with Crippen molar-refractivity contribution in [3.05, 3.63) is 0 Å². The van der Waals surface area contributed by atoms with Crippen molar-refractivity contribution in [3.8, 4) is 0 Å². The van der Waals surface area contributed by atoms with Gasteiger partial charge in [0.1, 0.15) is 9.84 Å². The molecule has 4 nitrogen and oxygen atoms in total. The highest BCUT2D eigenvalue weighted by atomic mass is 35.7. The molecule has 0 saturated heterocycles. The SMILES string of the molecule is CC(CS(C)(=O)=O)S(=O)(=O)Cl. The first-order chi connectivity index (χ1) is 4.63. The molecule has 0 heterocycles. The third-order valence-corrected chi connectivity index (χ3v) is 4.37. The molecule has 11 heavy (non-hydrogen) atoms. The second-order valence-electron chi connectivity index (χ2n) is 2.38. The third kappa shape index (κ3) is 5.46. The fourth-order valence-corrected chi connectivity index (χ4v) is 3.21. The lowest BCUT2D eigenvalue weighted by Crippen LogP contribution is -2.22. The van der Waals surface area contributed by atoms with Crippen LogP contribution in [0.3, 0.4) is 0 Å². The Morgan fingerprint density at radius 2 is 1.64 bits per heavy atom. The molecule has 0 N–H and O–H groups in total. The van der Waals surface area contributed by atoms with Gasteiger partial charge in [0.2, 0.25) is 9.05 Å². The van der Waals surface area contributed by atoms with Gasteiger partial charge in [-0.05, 0) is 6.92 Å². The van der Waals surface area contributed by atoms with E-state index >= 15 is 0 Å². The van der Waals surface area contributed by atoms with Crippen molar-refractivity contribution in [1.29, 1.82) is 0 Å². The maximum atomic E-state index is 10.6. The number of halogens is 1. The summed E-state index contributed by atoms with van der Waals surface area (Å²) in [6, 6.07) is 0. The molecule has 0 aromatic heterocycles. The van der Waals surface area contributed by atoms with Crippen molar-refractivity contribution in [2.45, 2.75) is 12.2 Å². The molecule has 0 aromatic rings. The molecule has 0 rings (SSSR count). The van der Waals surface area contributed by atoms with Crippen LogP contribution in [0.5, 0.6) is 0 Å². The van der Waals surface area contributed by atoms with E-state index in [-0.39, 0.29) is 0 Å². The predicted molar refractivity (Wildman–Crippen MR) is 43.9 cm³/mol. The lowest BCUT2D eigenvalue weighted by molar-refractivity contribution is 0.588. The molecule has 0 bridgehead atoms. The van der Waals surface area contributed by atoms with Gasteiger partial charge < -0.3 is 0 Å². The van der Waals surface area contributed by atoms with Gasteiger partial charge in [0.05, 0.1) is 11.0 Å². The van der Waals surface area contributed by atoms with Gasteiger partial charge in [-0.15, -0.1) is 0 Å². The van der Waals surface area contributed by atoms with Crippen LogP contribution in [0.4, 0.5) is 0 Å². The van der Waals surface area contributed by atoms with Crippen molar-refractivity contribution >= 4 is 29.6 Å². The average Bonchev–Trinajstić information content (AvgIpc) is 1.56. The summed E-state index contributed by atoms with van der Waals surface area (Å²) in [5, 5.41) is -1.04. The molecule has 0 saturated carbocycles. The first-order valence-electron chi connectivity index (χ1n) is 2.74. The molecule has 0 radical (unpaired) electrons. The van der Waals surface area contributed by atoms with Crippen LogP contribution in [0, 0.1) is 0 Å². The van der Waals surface area contributed by atoms with Crippen molar-refractivity contribution in [2.24, 2.45) is 0 Å². The van der Waals surface area contributed by atoms with E-state index in [1.165, 1.54) is 6.92 Å². The minimum Gasteiger partial charge on any atom is -0.229 e. The van der Waals surface area contributed by atoms with E-state index in [9.17, 15) is 16.8 Å². The van der Waals surface area contributed by atoms with Gasteiger partial charge in [-0.2, -0.15) is 0 Å². The largest absolute Gasteiger partial charge is 0.236 e. The van der Waals surface area contributed by atoms with Crippen LogP contribution >= 0.6 is 10.7 Å². The van der Waals surface area contributed by atoms with Crippen LogP contribution in [0.25, 0.3) is 0 Å². The van der Waals surface area contributed by atoms with Gasteiger partial charge in [-0.3, -0.25) is 0 Å². The maximum Gasteiger partial charge on any atom is 0.236 e. The molecular formula is C4H9ClO4S2. The molecule has 0 aliphatic heterocycles. The molecule has 1 atom stereocenters. The number of sulfone groups is 1. The van der Waals surface area contributed by atoms with E-state index < -0.39 is 29.9 Å². The minimum absolute atomic E-state index is 0.432. The standard InChI is InChI=1S/C4H9ClO4S2/c1-4(11(5,8)9)3-10(2,6)7/h4H,3H2,1-2H3. The second kappa shape index (κ2) is 3.28. The van der Waals surface area contributed by atoms with Crippen LogP contribution in [0.2, 0.25) is 0 Å². The van der Waals surface area contributed by atoms with Gasteiger partial charge in [-0.1, -0.05) is 0 Å². The molecule has 0 aliphatic rings. The number of hydrogen-bond acceptors (Lipinski definition) is 4. The smallest absolute Gasteiger partial charge is 0.229 e. The topological polar surface area (TPSA) is 68.3 Å². The zero-order valence-electron chi connectivity index (χ0n) is 6.11. The van der Waals surface area contributed by atoms with Gasteiger partial charge >= 0.3 is 0 Å². The Balaban J connectivity index is 4.47. The Bertz CT molecular complexity index is 314. The minimum atomic E-state index is -3.74. The molecule has 0 amide bonds. The Morgan fingerprint density at radius 1 is 1.27 bits per heavy atom. The van der Waals surface area contributed by atoms with Gasteiger partial charge in [-0.25, -0.2) is 16.8 Å². The monoisotopic (exact) mass is 220 g/mol. The Labute approximate surface area is 70.9 Å². The van der Waals surface area contributed by atoms with E-state index in [1.807, 2.05) is 0 Å². The van der Waals surface area contributed by atoms with E-state index in [0.717, 1.165) is 6.26 Å². The van der Waals surface area contributed by atoms with Crippen LogP contribution in [-0.2, 0) is 18.9 Å². The lowest BCUT2D eigenvalue weighted by atomic mass is 10.6. The number of rotatable bonds is 3. The van der Waals surface area contributed by atoms with Crippen LogP contribution < -0.4 is 0 Å². The molecule has 68 valence electrons. The van der Waals surface area contributed by atoms with Gasteiger partial charge in [0.25, 0.3) is 0 Å². The average molecular weight is 221 g/mol. The highest BCUT2D eigenvalue weighted by Gasteiger charge is 2.21. The Hall–Kier alpha value is 0.190. The van der Waals surface area contributed by atoms with Crippen LogP contribution in [0.15, 0.2) is 0 Å². The molecule has 0 aromatic carbocycles. The zero-order valence-corrected chi connectivity index (χ0v) is 8.50. The Kier molecular flexibility index (Phi) is 3.34. The molecular weight excluding hydrogens is 212 g/mol. The van der Waals surface area contributed by atoms with Crippen LogP contribution in [0.1, 0.15) is 6.92 Å². The zero-order chi connectivity index (χ0) is 9.28. The summed E-state index contributed by atoms with van der Waals surface area (Å²) < 4.78 is 42.2. The maximum absolute atomic E-state index is 10.6. The fourth-order valence-electron chi connectivity index (χ4n) is 0.508. The summed E-state index contributed by atoms with van der Waals surface area (Å²) in [6.07, 6.45) is 0.964. The second-order valence-corrected chi connectivity index (χ2v) is 7.61. The summed E-state index contributed by atoms with van der Waals surface area (Å²) in [5.74, 6) is -0.432. The fraction of sp³-hybridized carbons (Fsp3) is 1.00. The third-order valence-electron chi connectivity index (χ3n) is 1.02. The van der Waals surface area contributed by atoms with Crippen molar-refractivity contribution in [2.75, 3.05) is 12.0 Å². The van der Waals surface area contributed by atoms with Gasteiger partial charge in [0.15, 0.2) is 0 Å². The van der Waals surface area contributed by atoms with E-state index in [0.29, 0.717) is 0 Å². The lowest BCUT2D eigenvalue weighted by Gasteiger charge is -2.03. The normalized spacial score (nSPS) is 16.3. The quantitative estimate of drug-likeness (QED) is 0.628. The highest BCUT2D eigenvalue weighted by molar-refractivity contribution is 8.14. The highest BCUT2D eigenvalue weighted by Crippen LogP contribution is 2.08. The Morgan fingerprint density at radius 3 is 1.73 bits per heavy atom. The summed E-state index contributed by atoms with van der Waals surface area (Å²) in [5.41, 5.74) is 0. The van der Waals surface area contributed by atoms with Gasteiger partial charge in [0, 0.05) is 16.9 Å². The molecule has 0 spiro atoms. The predicted octanol–water partition coefficient (Wildman–Crippen LogP) is -0.0119. The van der Waals surface area contributed by atoms with E-state index in [2.05, 4.69) is 0 Å². The summed E-state index contributed by atoms with van der Waals surface area (Å²) in [7, 11) is -2.12. The van der Waals surface area contributed by atoms with E-state index in [4.69, 9.17) is 10.7 Å². The van der Waals surface area contributed by atoms with Crippen molar-refractivity contribution < 1.29 is 16.8 Å². The molecule has 1 unspecified atom stereocenters.